The van der Waals surface area contributed by atoms with E-state index < -0.39 is 4.92 Å². The first-order valence-electron chi connectivity index (χ1n) is 12.5. The molecule has 0 spiro atoms. The predicted molar refractivity (Wildman–Crippen MR) is 156 cm³/mol. The van der Waals surface area contributed by atoms with Crippen LogP contribution in [0.5, 0.6) is 17.2 Å². The molecule has 1 aliphatic rings. The van der Waals surface area contributed by atoms with Gasteiger partial charge in [0.05, 0.1) is 55.4 Å². The normalized spacial score (nSPS) is 16.5. The first kappa shape index (κ1) is 26.9. The molecule has 3 heterocycles. The van der Waals surface area contributed by atoms with Crippen molar-refractivity contribution in [3.8, 4) is 22.9 Å². The molecule has 2 atom stereocenters. The van der Waals surface area contributed by atoms with Gasteiger partial charge in [0.15, 0.2) is 5.11 Å². The van der Waals surface area contributed by atoms with Crippen molar-refractivity contribution in [2.45, 2.75) is 25.9 Å². The van der Waals surface area contributed by atoms with Gasteiger partial charge in [0.2, 0.25) is 0 Å². The average Bonchev–Trinajstić information content (AvgIpc) is 3.46. The van der Waals surface area contributed by atoms with Crippen molar-refractivity contribution in [1.82, 2.24) is 14.9 Å². The van der Waals surface area contributed by atoms with E-state index >= 15 is 0 Å². The maximum Gasteiger partial charge on any atom is 0.271 e. The van der Waals surface area contributed by atoms with Crippen molar-refractivity contribution < 1.29 is 19.1 Å². The minimum Gasteiger partial charge on any atom is -0.497 e. The van der Waals surface area contributed by atoms with Gasteiger partial charge in [-0.15, -0.1) is 0 Å². The monoisotopic (exact) mass is 559 g/mol. The molecule has 0 amide bonds. The van der Waals surface area contributed by atoms with Crippen LogP contribution in [0.1, 0.15) is 34.7 Å². The zero-order valence-electron chi connectivity index (χ0n) is 22.7. The number of hydrogen-bond acceptors (Lipinski definition) is 7. The second kappa shape index (κ2) is 10.9. The Morgan fingerprint density at radius 3 is 2.38 bits per heavy atom. The standard InChI is InChI=1S/C29H29N5O5S/c1-17-14-21(18(2)32(17)24-15-19(34(35)36)9-12-25(24)38-4)28-27(22-8-6-7-13-30-22)31-29(40)33(28)23-11-10-20(37-3)16-26(23)39-5/h6-16,27-28H,1-5H3,(H,31,40)/t27-,28+/m1/s1. The van der Waals surface area contributed by atoms with Gasteiger partial charge in [-0.3, -0.25) is 15.1 Å². The second-order valence-electron chi connectivity index (χ2n) is 9.31. The van der Waals surface area contributed by atoms with E-state index in [2.05, 4.69) is 16.4 Å². The number of nitrogens with one attached hydrogen (secondary N) is 1. The lowest BCUT2D eigenvalue weighted by Gasteiger charge is -2.29. The first-order valence-corrected chi connectivity index (χ1v) is 12.9. The number of aromatic nitrogens is 2. The molecule has 1 saturated heterocycles. The van der Waals surface area contributed by atoms with Gasteiger partial charge >= 0.3 is 0 Å². The van der Waals surface area contributed by atoms with E-state index in [0.717, 1.165) is 28.3 Å². The lowest BCUT2D eigenvalue weighted by atomic mass is 9.96. The number of hydrogen-bond donors (Lipinski definition) is 1. The van der Waals surface area contributed by atoms with Gasteiger partial charge in [-0.05, 0) is 68.0 Å². The summed E-state index contributed by atoms with van der Waals surface area (Å²) in [5.41, 5.74) is 4.87. The van der Waals surface area contributed by atoms with E-state index in [4.69, 9.17) is 26.4 Å². The number of non-ortho nitro benzene ring substituents is 1. The highest BCUT2D eigenvalue weighted by atomic mass is 32.1. The van der Waals surface area contributed by atoms with Gasteiger partial charge in [0.25, 0.3) is 5.69 Å². The largest absolute Gasteiger partial charge is 0.497 e. The highest BCUT2D eigenvalue weighted by Crippen LogP contribution is 2.47. The fourth-order valence-electron chi connectivity index (χ4n) is 5.34. The van der Waals surface area contributed by atoms with Gasteiger partial charge in [-0.2, -0.15) is 0 Å². The SMILES string of the molecule is COc1ccc(N2C(=S)N[C@H](c3ccccn3)[C@@H]2c2cc(C)n(-c3cc([N+](=O)[O-])ccc3OC)c2C)c(OC)c1. The van der Waals surface area contributed by atoms with Gasteiger partial charge in [-0.25, -0.2) is 0 Å². The number of nitro groups is 1. The van der Waals surface area contributed by atoms with Crippen LogP contribution in [0.2, 0.25) is 0 Å². The molecular formula is C29H29N5O5S. The van der Waals surface area contributed by atoms with Crippen LogP contribution in [0.3, 0.4) is 0 Å². The Morgan fingerprint density at radius 2 is 1.73 bits per heavy atom. The molecule has 4 aromatic rings. The summed E-state index contributed by atoms with van der Waals surface area (Å²) in [7, 11) is 4.76. The summed E-state index contributed by atoms with van der Waals surface area (Å²) in [6.07, 6.45) is 1.75. The average molecular weight is 560 g/mol. The molecule has 2 aromatic carbocycles. The predicted octanol–water partition coefficient (Wildman–Crippen LogP) is 5.60. The topological polar surface area (TPSA) is 104 Å². The van der Waals surface area contributed by atoms with Crippen molar-refractivity contribution in [2.75, 3.05) is 26.2 Å². The maximum atomic E-state index is 11.6. The Morgan fingerprint density at radius 1 is 0.950 bits per heavy atom. The van der Waals surface area contributed by atoms with Crippen molar-refractivity contribution in [2.24, 2.45) is 0 Å². The molecule has 11 heteroatoms. The molecule has 0 unspecified atom stereocenters. The number of pyridine rings is 1. The summed E-state index contributed by atoms with van der Waals surface area (Å²) in [6.45, 7) is 3.95. The smallest absolute Gasteiger partial charge is 0.271 e. The van der Waals surface area contributed by atoms with Gasteiger partial charge in [0.1, 0.15) is 17.2 Å². The highest BCUT2D eigenvalue weighted by Gasteiger charge is 2.43. The molecule has 10 nitrogen and oxygen atoms in total. The van der Waals surface area contributed by atoms with Crippen molar-refractivity contribution in [3.05, 3.63) is 99.6 Å². The molecule has 1 fully saturated rings. The van der Waals surface area contributed by atoms with Crippen LogP contribution in [-0.4, -0.2) is 40.9 Å². The summed E-state index contributed by atoms with van der Waals surface area (Å²) in [5.74, 6) is 1.78. The Labute approximate surface area is 237 Å². The molecular weight excluding hydrogens is 530 g/mol. The first-order chi connectivity index (χ1) is 19.3. The summed E-state index contributed by atoms with van der Waals surface area (Å²) in [4.78, 5) is 17.9. The number of rotatable bonds is 8. The van der Waals surface area contributed by atoms with E-state index in [0.29, 0.717) is 28.0 Å². The summed E-state index contributed by atoms with van der Waals surface area (Å²) in [6, 6.07) is 17.4. The minimum absolute atomic E-state index is 0.0236. The number of anilines is 1. The van der Waals surface area contributed by atoms with Gasteiger partial charge in [0, 0.05) is 35.8 Å². The molecule has 2 aromatic heterocycles. The summed E-state index contributed by atoms with van der Waals surface area (Å²) in [5, 5.41) is 15.6. The van der Waals surface area contributed by atoms with Crippen molar-refractivity contribution >= 4 is 28.7 Å². The van der Waals surface area contributed by atoms with Gasteiger partial charge < -0.3 is 29.0 Å². The lowest BCUT2D eigenvalue weighted by Crippen LogP contribution is -2.30. The quantitative estimate of drug-likeness (QED) is 0.168. The third kappa shape index (κ3) is 4.58. The number of methoxy groups -OCH3 is 3. The van der Waals surface area contributed by atoms with E-state index in [-0.39, 0.29) is 17.8 Å². The Hall–Kier alpha value is -4.64. The highest BCUT2D eigenvalue weighted by molar-refractivity contribution is 7.80. The summed E-state index contributed by atoms with van der Waals surface area (Å²) >= 11 is 5.91. The third-order valence-corrected chi connectivity index (χ3v) is 7.46. The van der Waals surface area contributed by atoms with Crippen LogP contribution in [0, 0.1) is 24.0 Å². The number of nitrogens with zero attached hydrogens (tertiary/aromatic N) is 4. The zero-order valence-corrected chi connectivity index (χ0v) is 23.6. The van der Waals surface area contributed by atoms with E-state index in [1.165, 1.54) is 12.1 Å². The molecule has 1 aliphatic heterocycles. The Balaban J connectivity index is 1.73. The minimum atomic E-state index is -0.411. The number of ether oxygens (including phenoxy) is 3. The van der Waals surface area contributed by atoms with Crippen LogP contribution in [0.25, 0.3) is 5.69 Å². The van der Waals surface area contributed by atoms with Crippen LogP contribution in [0.4, 0.5) is 11.4 Å². The van der Waals surface area contributed by atoms with Crippen LogP contribution < -0.4 is 24.4 Å². The molecule has 0 aliphatic carbocycles. The Kier molecular flexibility index (Phi) is 7.31. The molecule has 5 rings (SSSR count). The lowest BCUT2D eigenvalue weighted by molar-refractivity contribution is -0.384. The molecule has 40 heavy (non-hydrogen) atoms. The van der Waals surface area contributed by atoms with Gasteiger partial charge in [-0.1, -0.05) is 6.07 Å². The number of nitro benzene ring substituents is 1. The molecule has 0 radical (unpaired) electrons. The third-order valence-electron chi connectivity index (χ3n) is 7.15. The zero-order chi connectivity index (χ0) is 28.6. The molecule has 206 valence electrons. The Bertz CT molecular complexity index is 1590. The van der Waals surface area contributed by atoms with Crippen molar-refractivity contribution in [3.63, 3.8) is 0 Å². The number of benzene rings is 2. The molecule has 0 saturated carbocycles. The van der Waals surface area contributed by atoms with Crippen LogP contribution in [0.15, 0.2) is 66.9 Å². The number of aryl methyl sites for hydroxylation is 1. The number of thiocarbonyl (C=S) groups is 1. The fraction of sp³-hybridized carbons (Fsp3) is 0.241. The summed E-state index contributed by atoms with van der Waals surface area (Å²) < 4.78 is 18.8. The van der Waals surface area contributed by atoms with E-state index in [9.17, 15) is 10.1 Å². The fourth-order valence-corrected chi connectivity index (χ4v) is 5.68. The maximum absolute atomic E-state index is 11.6. The van der Waals surface area contributed by atoms with E-state index in [1.54, 1.807) is 33.6 Å². The second-order valence-corrected chi connectivity index (χ2v) is 9.70. The molecule has 0 bridgehead atoms. The molecule has 1 N–H and O–H groups in total. The van der Waals surface area contributed by atoms with E-state index in [1.807, 2.05) is 59.7 Å². The van der Waals surface area contributed by atoms with Crippen LogP contribution in [-0.2, 0) is 0 Å². The van der Waals surface area contributed by atoms with Crippen molar-refractivity contribution in [1.29, 1.82) is 0 Å². The van der Waals surface area contributed by atoms with Crippen LogP contribution >= 0.6 is 12.2 Å².